The van der Waals surface area contributed by atoms with E-state index in [9.17, 15) is 30.0 Å². The van der Waals surface area contributed by atoms with Crippen molar-refractivity contribution < 1.29 is 39.5 Å². The lowest BCUT2D eigenvalue weighted by molar-refractivity contribution is -0.0425. The first kappa shape index (κ1) is 18.9. The minimum absolute atomic E-state index is 0.0113. The second-order valence-electron chi connectivity index (χ2n) is 5.34. The number of epoxide rings is 1. The first-order valence-corrected chi connectivity index (χ1v) is 9.96. The maximum Gasteiger partial charge on any atom is 0.480 e. The Kier molecular flexibility index (Phi) is 4.63. The molecular weight excluding hydrogens is 399 g/mol. The first-order valence-electron chi connectivity index (χ1n) is 7.08. The summed E-state index contributed by atoms with van der Waals surface area (Å²) in [6.45, 7) is 0.765. The lowest BCUT2D eigenvalue weighted by Crippen LogP contribution is -2.24. The lowest BCUT2D eigenvalue weighted by Gasteiger charge is -2.23. The van der Waals surface area contributed by atoms with Crippen LogP contribution in [-0.2, 0) is 24.8 Å². The highest BCUT2D eigenvalue weighted by Gasteiger charge is 2.40. The SMILES string of the molecule is O=S(=O)([N-]S(=O)(=O)C(F)(F)F)c1ccc(OCC2CO2)c2ccccc12. The summed E-state index contributed by atoms with van der Waals surface area (Å²) < 4.78 is 96.6. The summed E-state index contributed by atoms with van der Waals surface area (Å²) in [4.78, 5) is -0.670. The molecule has 1 heterocycles. The number of rotatable bonds is 6. The third kappa shape index (κ3) is 3.77. The molecule has 2 aromatic carbocycles. The fraction of sp³-hybridized carbons (Fsp3) is 0.286. The summed E-state index contributed by atoms with van der Waals surface area (Å²) in [5.41, 5.74) is -5.82. The molecule has 0 saturated carbocycles. The Morgan fingerprint density at radius 1 is 1.08 bits per heavy atom. The molecule has 0 spiro atoms. The van der Waals surface area contributed by atoms with Crippen LogP contribution < -0.4 is 4.74 Å². The molecule has 0 bridgehead atoms. The lowest BCUT2D eigenvalue weighted by atomic mass is 10.1. The number of fused-ring (bicyclic) bond motifs is 1. The van der Waals surface area contributed by atoms with Crippen molar-refractivity contribution in [3.8, 4) is 5.75 Å². The van der Waals surface area contributed by atoms with Crippen LogP contribution in [0.2, 0.25) is 0 Å². The number of benzene rings is 2. The van der Waals surface area contributed by atoms with Crippen molar-refractivity contribution in [1.82, 2.24) is 0 Å². The number of hydrogen-bond acceptors (Lipinski definition) is 6. The molecule has 2 aromatic rings. The molecule has 7 nitrogen and oxygen atoms in total. The zero-order valence-corrected chi connectivity index (χ0v) is 14.4. The van der Waals surface area contributed by atoms with Crippen LogP contribution in [0.25, 0.3) is 14.9 Å². The van der Waals surface area contributed by atoms with Crippen molar-refractivity contribution >= 4 is 30.8 Å². The average molecular weight is 410 g/mol. The standard InChI is InChI=1S/C14H11F3NO6S2/c15-14(16,17)26(21,22)18-25(19,20)13-6-5-12(24-8-9-7-23-9)10-3-1-2-4-11(10)13/h1-6,9H,7-8H2/q-1. The smallest absolute Gasteiger partial charge is 0.480 e. The maximum absolute atomic E-state index is 12.5. The second-order valence-corrected chi connectivity index (χ2v) is 8.74. The van der Waals surface area contributed by atoms with Crippen LogP contribution in [0.15, 0.2) is 41.3 Å². The van der Waals surface area contributed by atoms with Crippen molar-refractivity contribution in [2.75, 3.05) is 13.2 Å². The molecule has 12 heteroatoms. The van der Waals surface area contributed by atoms with E-state index in [2.05, 4.69) is 4.13 Å². The predicted molar refractivity (Wildman–Crippen MR) is 84.7 cm³/mol. The molecule has 1 aliphatic rings. The van der Waals surface area contributed by atoms with Gasteiger partial charge in [0, 0.05) is 10.8 Å². The molecule has 0 aromatic heterocycles. The molecule has 0 amide bonds. The zero-order chi connectivity index (χ0) is 19.2. The van der Waals surface area contributed by atoms with Crippen LogP contribution in [0.5, 0.6) is 5.75 Å². The van der Waals surface area contributed by atoms with Crippen LogP contribution >= 0.6 is 0 Å². The van der Waals surface area contributed by atoms with Gasteiger partial charge in [-0.1, -0.05) is 24.3 Å². The van der Waals surface area contributed by atoms with Gasteiger partial charge in [0.05, 0.1) is 11.5 Å². The molecule has 1 saturated heterocycles. The van der Waals surface area contributed by atoms with Gasteiger partial charge in [-0.05, 0) is 12.1 Å². The van der Waals surface area contributed by atoms with Crippen LogP contribution in [-0.4, -0.2) is 41.7 Å². The Morgan fingerprint density at radius 3 is 2.27 bits per heavy atom. The highest BCUT2D eigenvalue weighted by molar-refractivity contribution is 8.12. The van der Waals surface area contributed by atoms with Gasteiger partial charge in [-0.15, -0.1) is 0 Å². The number of ether oxygens (including phenoxy) is 2. The first-order chi connectivity index (χ1) is 12.0. The third-order valence-electron chi connectivity index (χ3n) is 3.44. The molecule has 0 radical (unpaired) electrons. The van der Waals surface area contributed by atoms with Crippen molar-refractivity contribution in [3.63, 3.8) is 0 Å². The highest BCUT2D eigenvalue weighted by Crippen LogP contribution is 2.37. The Hall–Kier alpha value is -1.89. The van der Waals surface area contributed by atoms with Gasteiger partial charge in [0.15, 0.2) is 10.0 Å². The number of halogens is 3. The summed E-state index contributed by atoms with van der Waals surface area (Å²) in [5.74, 6) is 0.286. The summed E-state index contributed by atoms with van der Waals surface area (Å²) in [5, 5.41) is 0.275. The number of nitrogens with zero attached hydrogens (tertiary/aromatic N) is 1. The molecule has 1 unspecified atom stereocenters. The van der Waals surface area contributed by atoms with Gasteiger partial charge in [-0.3, -0.25) is 0 Å². The maximum atomic E-state index is 12.5. The highest BCUT2D eigenvalue weighted by atomic mass is 32.3. The largest absolute Gasteiger partial charge is 0.490 e. The average Bonchev–Trinajstić information content (AvgIpc) is 3.34. The molecule has 0 N–H and O–H groups in total. The molecule has 1 atom stereocenters. The van der Waals surface area contributed by atoms with Crippen molar-refractivity contribution in [2.45, 2.75) is 16.5 Å². The number of hydrogen-bond donors (Lipinski definition) is 0. The molecular formula is C14H11F3NO6S2-. The Balaban J connectivity index is 2.03. The van der Waals surface area contributed by atoms with E-state index in [0.717, 1.165) is 6.07 Å². The van der Waals surface area contributed by atoms with Gasteiger partial charge in [-0.2, -0.15) is 13.2 Å². The minimum atomic E-state index is -6.21. The van der Waals surface area contributed by atoms with E-state index in [1.165, 1.54) is 24.3 Å². The molecule has 1 aliphatic heterocycles. The minimum Gasteiger partial charge on any atom is -0.490 e. The summed E-state index contributed by atoms with van der Waals surface area (Å²) in [6, 6.07) is 8.02. The fourth-order valence-corrected chi connectivity index (χ4v) is 4.54. The number of alkyl halides is 3. The Bertz CT molecular complexity index is 1050. The molecule has 142 valence electrons. The van der Waals surface area contributed by atoms with E-state index in [0.29, 0.717) is 6.61 Å². The molecule has 0 aliphatic carbocycles. The van der Waals surface area contributed by atoms with E-state index in [1.807, 2.05) is 0 Å². The van der Waals surface area contributed by atoms with Crippen molar-refractivity contribution in [2.24, 2.45) is 0 Å². The van der Waals surface area contributed by atoms with E-state index < -0.39 is 30.5 Å². The van der Waals surface area contributed by atoms with E-state index >= 15 is 0 Å². The van der Waals surface area contributed by atoms with Crippen molar-refractivity contribution in [3.05, 3.63) is 40.5 Å². The normalized spacial score (nSPS) is 18.0. The van der Waals surface area contributed by atoms with Crippen LogP contribution in [0.3, 0.4) is 0 Å². The molecule has 26 heavy (non-hydrogen) atoms. The second kappa shape index (κ2) is 6.37. The van der Waals surface area contributed by atoms with Crippen LogP contribution in [0.4, 0.5) is 13.2 Å². The zero-order valence-electron chi connectivity index (χ0n) is 12.8. The topological polar surface area (TPSA) is 104 Å². The van der Waals surface area contributed by atoms with Crippen LogP contribution in [0, 0.1) is 0 Å². The van der Waals surface area contributed by atoms with Gasteiger partial charge in [0.2, 0.25) is 0 Å². The molecule has 1 fully saturated rings. The van der Waals surface area contributed by atoms with Gasteiger partial charge < -0.3 is 13.6 Å². The summed E-state index contributed by atoms with van der Waals surface area (Å²) in [7, 11) is -11.3. The van der Waals surface area contributed by atoms with E-state index in [-0.39, 0.29) is 29.2 Å². The van der Waals surface area contributed by atoms with E-state index in [4.69, 9.17) is 9.47 Å². The quantitative estimate of drug-likeness (QED) is 0.678. The van der Waals surface area contributed by atoms with Gasteiger partial charge in [0.25, 0.3) is 0 Å². The van der Waals surface area contributed by atoms with Crippen molar-refractivity contribution in [1.29, 1.82) is 0 Å². The number of sulfonamides is 2. The van der Waals surface area contributed by atoms with Gasteiger partial charge >= 0.3 is 5.51 Å². The fourth-order valence-electron chi connectivity index (χ4n) is 2.15. The van der Waals surface area contributed by atoms with Crippen LogP contribution in [0.1, 0.15) is 0 Å². The molecule has 3 rings (SSSR count). The Labute approximate surface area is 146 Å². The van der Waals surface area contributed by atoms with E-state index in [1.54, 1.807) is 6.07 Å². The summed E-state index contributed by atoms with van der Waals surface area (Å²) in [6.07, 6.45) is -0.0656. The summed E-state index contributed by atoms with van der Waals surface area (Å²) >= 11 is 0. The third-order valence-corrected chi connectivity index (χ3v) is 6.50. The Morgan fingerprint density at radius 2 is 1.69 bits per heavy atom. The van der Waals surface area contributed by atoms with Gasteiger partial charge in [0.1, 0.15) is 28.5 Å². The predicted octanol–water partition coefficient (Wildman–Crippen LogP) is 2.53. The van der Waals surface area contributed by atoms with Gasteiger partial charge in [-0.25, -0.2) is 16.8 Å². The monoisotopic (exact) mass is 410 g/mol.